The van der Waals surface area contributed by atoms with Crippen LogP contribution in [0.5, 0.6) is 11.5 Å². The maximum absolute atomic E-state index is 13.9. The summed E-state index contributed by atoms with van der Waals surface area (Å²) in [4.78, 5) is 29.3. The molecule has 3 fully saturated rings. The number of imide groups is 1. The van der Waals surface area contributed by atoms with Gasteiger partial charge in [0.1, 0.15) is 18.1 Å². The fourth-order valence-electron chi connectivity index (χ4n) is 7.49. The molecular formula is C35H41NO5. The first-order chi connectivity index (χ1) is 20.0. The van der Waals surface area contributed by atoms with Crippen LogP contribution in [-0.2, 0) is 14.3 Å². The van der Waals surface area contributed by atoms with Crippen molar-refractivity contribution in [2.75, 3.05) is 13.2 Å². The number of carbonyl (C=O) groups excluding carboxylic acids is 2. The van der Waals surface area contributed by atoms with Gasteiger partial charge in [0.15, 0.2) is 0 Å². The van der Waals surface area contributed by atoms with Crippen LogP contribution in [0.4, 0.5) is 0 Å². The van der Waals surface area contributed by atoms with E-state index < -0.39 is 0 Å². The van der Waals surface area contributed by atoms with E-state index in [9.17, 15) is 14.7 Å². The van der Waals surface area contributed by atoms with E-state index in [-0.39, 0.29) is 47.5 Å². The van der Waals surface area contributed by atoms with Gasteiger partial charge in [-0.3, -0.25) is 14.5 Å². The zero-order chi connectivity index (χ0) is 28.3. The first-order valence-electron chi connectivity index (χ1n) is 15.4. The fourth-order valence-corrected chi connectivity index (χ4v) is 7.49. The zero-order valence-electron chi connectivity index (χ0n) is 24.0. The predicted molar refractivity (Wildman–Crippen MR) is 158 cm³/mol. The SMILES string of the molecule is CC/C(=C\c1ccc(O)cc1)CC[C@H]1OC[C@H]2C1=C(COc1ccccc1)C[C@H]1C(=O)N(C3CCCCC3)C(=O)[C@H]12. The minimum absolute atomic E-state index is 0.0247. The predicted octanol–water partition coefficient (Wildman–Crippen LogP) is 6.69. The molecule has 0 spiro atoms. The van der Waals surface area contributed by atoms with Crippen molar-refractivity contribution in [3.8, 4) is 11.5 Å². The number of carbonyl (C=O) groups is 2. The molecule has 6 nitrogen and oxygen atoms in total. The van der Waals surface area contributed by atoms with Crippen LogP contribution in [0.2, 0.25) is 0 Å². The Labute approximate surface area is 243 Å². The number of benzene rings is 2. The van der Waals surface area contributed by atoms with E-state index in [1.807, 2.05) is 42.5 Å². The molecule has 2 amide bonds. The highest BCUT2D eigenvalue weighted by Crippen LogP contribution is 2.51. The normalized spacial score (nSPS) is 26.9. The molecule has 2 aromatic rings. The average molecular weight is 556 g/mol. The fraction of sp³-hybridized carbons (Fsp3) is 0.486. The molecule has 2 heterocycles. The van der Waals surface area contributed by atoms with Crippen LogP contribution in [0.1, 0.15) is 70.3 Å². The summed E-state index contributed by atoms with van der Waals surface area (Å²) in [6.07, 6.45) is 10.5. The Morgan fingerprint density at radius 2 is 1.76 bits per heavy atom. The number of hydrogen-bond donors (Lipinski definition) is 1. The molecule has 1 N–H and O–H groups in total. The first kappa shape index (κ1) is 27.8. The van der Waals surface area contributed by atoms with Crippen molar-refractivity contribution in [1.29, 1.82) is 0 Å². The second kappa shape index (κ2) is 12.2. The third kappa shape index (κ3) is 5.72. The number of rotatable bonds is 9. The molecule has 4 aliphatic rings. The number of aromatic hydroxyl groups is 1. The van der Waals surface area contributed by atoms with Gasteiger partial charge >= 0.3 is 0 Å². The molecule has 2 aliphatic carbocycles. The summed E-state index contributed by atoms with van der Waals surface area (Å²) in [5.74, 6) is 0.431. The molecule has 4 atom stereocenters. The van der Waals surface area contributed by atoms with E-state index in [4.69, 9.17) is 9.47 Å². The molecule has 6 rings (SSSR count). The van der Waals surface area contributed by atoms with Crippen LogP contribution in [0.15, 0.2) is 71.3 Å². The molecule has 2 aromatic carbocycles. The third-order valence-corrected chi connectivity index (χ3v) is 9.58. The van der Waals surface area contributed by atoms with Crippen molar-refractivity contribution >= 4 is 17.9 Å². The number of phenols is 1. The number of fused-ring (bicyclic) bond motifs is 3. The zero-order valence-corrected chi connectivity index (χ0v) is 24.0. The highest BCUT2D eigenvalue weighted by Gasteiger charge is 2.58. The van der Waals surface area contributed by atoms with Crippen molar-refractivity contribution < 1.29 is 24.2 Å². The van der Waals surface area contributed by atoms with E-state index >= 15 is 0 Å². The van der Waals surface area contributed by atoms with Gasteiger partial charge in [0.25, 0.3) is 0 Å². The van der Waals surface area contributed by atoms with Gasteiger partial charge in [-0.15, -0.1) is 0 Å². The van der Waals surface area contributed by atoms with Gasteiger partial charge in [-0.2, -0.15) is 0 Å². The van der Waals surface area contributed by atoms with Gasteiger partial charge in [0.2, 0.25) is 11.8 Å². The molecule has 1 saturated carbocycles. The van der Waals surface area contributed by atoms with Crippen molar-refractivity contribution in [2.45, 2.75) is 76.9 Å². The van der Waals surface area contributed by atoms with E-state index in [0.717, 1.165) is 61.8 Å². The van der Waals surface area contributed by atoms with E-state index in [0.29, 0.717) is 19.6 Å². The average Bonchev–Trinajstić information content (AvgIpc) is 3.54. The topological polar surface area (TPSA) is 76.1 Å². The highest BCUT2D eigenvalue weighted by molar-refractivity contribution is 6.06. The lowest BCUT2D eigenvalue weighted by molar-refractivity contribution is -0.143. The Morgan fingerprint density at radius 1 is 1.00 bits per heavy atom. The molecule has 0 bridgehead atoms. The summed E-state index contributed by atoms with van der Waals surface area (Å²) >= 11 is 0. The second-order valence-electron chi connectivity index (χ2n) is 12.1. The molecular weight excluding hydrogens is 514 g/mol. The molecule has 2 saturated heterocycles. The van der Waals surface area contributed by atoms with Crippen molar-refractivity contribution in [3.05, 3.63) is 76.9 Å². The Morgan fingerprint density at radius 3 is 2.49 bits per heavy atom. The first-order valence-corrected chi connectivity index (χ1v) is 15.4. The standard InChI is InChI=1S/C35H41NO5/c1-2-23(19-24-13-16-27(37)17-14-24)15-18-31-32-25(21-40-28-11-7-4-8-12-28)20-29-33(30(32)22-41-31)35(39)36(34(29)38)26-9-5-3-6-10-26/h4,7-8,11-14,16-17,19,26,29-31,33,37H,2-3,5-6,9-10,15,18,20-22H2,1H3/b23-19+/t29-,30+,31-,33-/m1/s1. The van der Waals surface area contributed by atoms with Gasteiger partial charge in [-0.25, -0.2) is 0 Å². The summed E-state index contributed by atoms with van der Waals surface area (Å²) < 4.78 is 12.7. The molecule has 216 valence electrons. The van der Waals surface area contributed by atoms with Crippen LogP contribution in [0.25, 0.3) is 6.08 Å². The van der Waals surface area contributed by atoms with Gasteiger partial charge in [0.05, 0.1) is 24.5 Å². The molecule has 0 radical (unpaired) electrons. The number of para-hydroxylation sites is 1. The molecule has 6 heteroatoms. The van der Waals surface area contributed by atoms with E-state index in [1.54, 1.807) is 17.0 Å². The number of amides is 2. The van der Waals surface area contributed by atoms with Crippen molar-refractivity contribution in [1.82, 2.24) is 4.90 Å². The van der Waals surface area contributed by atoms with Crippen molar-refractivity contribution in [2.24, 2.45) is 17.8 Å². The summed E-state index contributed by atoms with van der Waals surface area (Å²) in [7, 11) is 0. The number of ether oxygens (including phenoxy) is 2. The maximum atomic E-state index is 13.9. The van der Waals surface area contributed by atoms with Gasteiger partial charge in [-0.05, 0) is 79.5 Å². The number of hydrogen-bond acceptors (Lipinski definition) is 5. The lowest BCUT2D eigenvalue weighted by Gasteiger charge is -2.32. The van der Waals surface area contributed by atoms with Crippen LogP contribution in [0, 0.1) is 17.8 Å². The number of allylic oxidation sites excluding steroid dienone is 1. The van der Waals surface area contributed by atoms with Crippen LogP contribution in [-0.4, -0.2) is 47.2 Å². The molecule has 41 heavy (non-hydrogen) atoms. The minimum Gasteiger partial charge on any atom is -0.508 e. The third-order valence-electron chi connectivity index (χ3n) is 9.58. The molecule has 0 aromatic heterocycles. The second-order valence-corrected chi connectivity index (χ2v) is 12.1. The highest BCUT2D eigenvalue weighted by atomic mass is 16.5. The Hall–Kier alpha value is -3.38. The maximum Gasteiger partial charge on any atom is 0.234 e. The Kier molecular flexibility index (Phi) is 8.29. The summed E-state index contributed by atoms with van der Waals surface area (Å²) in [5, 5.41) is 9.64. The quantitative estimate of drug-likeness (QED) is 0.275. The summed E-state index contributed by atoms with van der Waals surface area (Å²) in [6, 6.07) is 17.1. The minimum atomic E-state index is -0.317. The number of phenolic OH excluding ortho intramolecular Hbond substituents is 1. The monoisotopic (exact) mass is 555 g/mol. The molecule has 0 unspecified atom stereocenters. The largest absolute Gasteiger partial charge is 0.508 e. The van der Waals surface area contributed by atoms with Crippen molar-refractivity contribution in [3.63, 3.8) is 0 Å². The van der Waals surface area contributed by atoms with Crippen LogP contribution < -0.4 is 4.74 Å². The smallest absolute Gasteiger partial charge is 0.234 e. The lowest BCUT2D eigenvalue weighted by atomic mass is 9.69. The summed E-state index contributed by atoms with van der Waals surface area (Å²) in [6.45, 7) is 3.06. The molecule has 2 aliphatic heterocycles. The number of nitrogens with zero attached hydrogens (tertiary/aromatic N) is 1. The van der Waals surface area contributed by atoms with Gasteiger partial charge < -0.3 is 14.6 Å². The van der Waals surface area contributed by atoms with Crippen LogP contribution >= 0.6 is 0 Å². The van der Waals surface area contributed by atoms with Gasteiger partial charge in [0, 0.05) is 12.0 Å². The van der Waals surface area contributed by atoms with Gasteiger partial charge in [-0.1, -0.05) is 68.2 Å². The Bertz CT molecular complexity index is 1310. The Balaban J connectivity index is 1.25. The summed E-state index contributed by atoms with van der Waals surface area (Å²) in [5.41, 5.74) is 4.72. The van der Waals surface area contributed by atoms with E-state index in [1.165, 1.54) is 17.6 Å². The number of likely N-dealkylation sites (tertiary alicyclic amines) is 1. The van der Waals surface area contributed by atoms with Crippen LogP contribution in [0.3, 0.4) is 0 Å². The van der Waals surface area contributed by atoms with E-state index in [2.05, 4.69) is 13.0 Å². The lowest BCUT2D eigenvalue weighted by Crippen LogP contribution is -2.42.